The molecule has 0 aromatic carbocycles. The van der Waals surface area contributed by atoms with E-state index in [1.54, 1.807) is 13.8 Å². The summed E-state index contributed by atoms with van der Waals surface area (Å²) in [5.41, 5.74) is 0. The van der Waals surface area contributed by atoms with E-state index < -0.39 is 18.0 Å². The molecule has 0 spiro atoms. The summed E-state index contributed by atoms with van der Waals surface area (Å²) >= 11 is 0. The highest BCUT2D eigenvalue weighted by molar-refractivity contribution is 5.96. The van der Waals surface area contributed by atoms with Gasteiger partial charge in [0.05, 0.1) is 6.04 Å². The summed E-state index contributed by atoms with van der Waals surface area (Å²) < 4.78 is 0. The largest absolute Gasteiger partial charge is 0.481 e. The van der Waals surface area contributed by atoms with Crippen molar-refractivity contribution >= 4 is 17.9 Å². The van der Waals surface area contributed by atoms with E-state index >= 15 is 0 Å². The van der Waals surface area contributed by atoms with Gasteiger partial charge >= 0.3 is 12.0 Å². The third-order valence-corrected chi connectivity index (χ3v) is 3.82. The molecule has 0 aromatic heterocycles. The van der Waals surface area contributed by atoms with Crippen molar-refractivity contribution in [2.24, 2.45) is 0 Å². The topological polar surface area (TPSA) is 98.7 Å². The molecule has 0 bridgehead atoms. The van der Waals surface area contributed by atoms with Gasteiger partial charge in [0.1, 0.15) is 0 Å². The second-order valence-corrected chi connectivity index (χ2v) is 5.34. The third-order valence-electron chi connectivity index (χ3n) is 3.82. The van der Waals surface area contributed by atoms with Crippen molar-refractivity contribution in [2.75, 3.05) is 13.1 Å². The fraction of sp³-hybridized carbons (Fsp3) is 0.786. The first-order chi connectivity index (χ1) is 9.95. The number of likely N-dealkylation sites (tertiary alicyclic amines) is 1. The average Bonchev–Trinajstić information content (AvgIpc) is 2.44. The zero-order chi connectivity index (χ0) is 15.8. The first-order valence-electron chi connectivity index (χ1n) is 7.52. The molecule has 3 N–H and O–H groups in total. The number of aliphatic carboxylic acids is 1. The van der Waals surface area contributed by atoms with Gasteiger partial charge in [-0.25, -0.2) is 4.79 Å². The molecular weight excluding hydrogens is 274 g/mol. The summed E-state index contributed by atoms with van der Waals surface area (Å²) in [6, 6.07) is -0.843. The van der Waals surface area contributed by atoms with Gasteiger partial charge in [-0.1, -0.05) is 6.42 Å². The second-order valence-electron chi connectivity index (χ2n) is 5.34. The van der Waals surface area contributed by atoms with Gasteiger partial charge in [0.2, 0.25) is 5.91 Å². The van der Waals surface area contributed by atoms with Crippen molar-refractivity contribution in [2.45, 2.75) is 58.0 Å². The molecule has 0 aliphatic carbocycles. The van der Waals surface area contributed by atoms with E-state index in [-0.39, 0.29) is 18.4 Å². The van der Waals surface area contributed by atoms with Crippen LogP contribution in [0.5, 0.6) is 0 Å². The lowest BCUT2D eigenvalue weighted by Crippen LogP contribution is -2.54. The van der Waals surface area contributed by atoms with Gasteiger partial charge in [-0.15, -0.1) is 0 Å². The van der Waals surface area contributed by atoms with Gasteiger partial charge in [-0.05, 0) is 39.7 Å². The van der Waals surface area contributed by atoms with Crippen LogP contribution in [0, 0.1) is 0 Å². The maximum Gasteiger partial charge on any atom is 0.321 e. The lowest BCUT2D eigenvalue weighted by atomic mass is 9.96. The number of piperidine rings is 1. The number of nitrogens with zero attached hydrogens (tertiary/aromatic N) is 1. The van der Waals surface area contributed by atoms with Gasteiger partial charge in [0, 0.05) is 19.0 Å². The van der Waals surface area contributed by atoms with E-state index in [9.17, 15) is 14.4 Å². The number of carbonyl (C=O) groups is 3. The third kappa shape index (κ3) is 5.71. The van der Waals surface area contributed by atoms with Crippen molar-refractivity contribution in [1.82, 2.24) is 15.5 Å². The van der Waals surface area contributed by atoms with Crippen LogP contribution >= 0.6 is 0 Å². The van der Waals surface area contributed by atoms with Crippen molar-refractivity contribution < 1.29 is 19.5 Å². The van der Waals surface area contributed by atoms with Crippen LogP contribution in [0.15, 0.2) is 0 Å². The van der Waals surface area contributed by atoms with Gasteiger partial charge in [0.25, 0.3) is 0 Å². The van der Waals surface area contributed by atoms with Crippen molar-refractivity contribution in [3.05, 3.63) is 0 Å². The maximum atomic E-state index is 12.1. The van der Waals surface area contributed by atoms with Gasteiger partial charge in [-0.2, -0.15) is 0 Å². The molecule has 120 valence electrons. The predicted octanol–water partition coefficient (Wildman–Crippen LogP) is 0.940. The molecule has 2 unspecified atom stereocenters. The number of nitrogens with one attached hydrogen (secondary N) is 2. The number of hydrogen-bond donors (Lipinski definition) is 3. The van der Waals surface area contributed by atoms with Crippen molar-refractivity contribution in [1.29, 1.82) is 0 Å². The molecule has 7 heteroatoms. The van der Waals surface area contributed by atoms with Gasteiger partial charge < -0.3 is 10.4 Å². The molecule has 1 aliphatic rings. The first kappa shape index (κ1) is 17.4. The normalized spacial score (nSPS) is 20.6. The number of amides is 3. The monoisotopic (exact) mass is 299 g/mol. The Hall–Kier alpha value is -1.63. The smallest absolute Gasteiger partial charge is 0.321 e. The quantitative estimate of drug-likeness (QED) is 0.678. The molecule has 0 saturated carbocycles. The summed E-state index contributed by atoms with van der Waals surface area (Å²) in [6.45, 7) is 4.75. The van der Waals surface area contributed by atoms with Crippen LogP contribution in [0.4, 0.5) is 4.79 Å². The van der Waals surface area contributed by atoms with E-state index in [0.29, 0.717) is 13.0 Å². The number of carboxylic acids is 1. The summed E-state index contributed by atoms with van der Waals surface area (Å²) in [4.78, 5) is 36.2. The summed E-state index contributed by atoms with van der Waals surface area (Å²) in [6.07, 6.45) is 3.57. The Bertz CT molecular complexity index is 386. The van der Waals surface area contributed by atoms with E-state index in [0.717, 1.165) is 25.8 Å². The fourth-order valence-electron chi connectivity index (χ4n) is 2.70. The first-order valence-corrected chi connectivity index (χ1v) is 7.52. The molecule has 1 saturated heterocycles. The van der Waals surface area contributed by atoms with Crippen LogP contribution in [0.25, 0.3) is 0 Å². The van der Waals surface area contributed by atoms with Gasteiger partial charge in [-0.3, -0.25) is 19.8 Å². The van der Waals surface area contributed by atoms with Crippen LogP contribution < -0.4 is 10.6 Å². The maximum absolute atomic E-state index is 12.1. The highest BCUT2D eigenvalue weighted by Gasteiger charge is 2.30. The molecular formula is C14H25N3O4. The van der Waals surface area contributed by atoms with Crippen LogP contribution in [0.3, 0.4) is 0 Å². The predicted molar refractivity (Wildman–Crippen MR) is 77.9 cm³/mol. The molecule has 3 amide bonds. The fourth-order valence-corrected chi connectivity index (χ4v) is 2.70. The van der Waals surface area contributed by atoms with Crippen LogP contribution in [-0.4, -0.2) is 53.1 Å². The lowest BCUT2D eigenvalue weighted by Gasteiger charge is -2.39. The van der Waals surface area contributed by atoms with Gasteiger partial charge in [0.15, 0.2) is 0 Å². The van der Waals surface area contributed by atoms with Crippen LogP contribution in [-0.2, 0) is 9.59 Å². The minimum absolute atomic E-state index is 0.0878. The Morgan fingerprint density at radius 1 is 1.33 bits per heavy atom. The molecule has 1 rings (SSSR count). The molecule has 7 nitrogen and oxygen atoms in total. The average molecular weight is 299 g/mol. The summed E-state index contributed by atoms with van der Waals surface area (Å²) in [7, 11) is 0. The van der Waals surface area contributed by atoms with E-state index in [1.807, 2.05) is 4.90 Å². The molecule has 1 heterocycles. The van der Waals surface area contributed by atoms with E-state index in [1.165, 1.54) is 0 Å². The number of carboxylic acid groups (broad SMARTS) is 1. The number of hydrogen-bond acceptors (Lipinski definition) is 4. The number of imide groups is 1. The molecule has 1 aliphatic heterocycles. The lowest BCUT2D eigenvalue weighted by molar-refractivity contribution is -0.137. The number of urea groups is 1. The van der Waals surface area contributed by atoms with Crippen LogP contribution in [0.2, 0.25) is 0 Å². The molecule has 21 heavy (non-hydrogen) atoms. The summed E-state index contributed by atoms with van der Waals surface area (Å²) in [5.74, 6) is -1.16. The Morgan fingerprint density at radius 2 is 2.05 bits per heavy atom. The molecule has 2 atom stereocenters. The van der Waals surface area contributed by atoms with Crippen LogP contribution in [0.1, 0.15) is 46.0 Å². The Kier molecular flexibility index (Phi) is 7.14. The minimum Gasteiger partial charge on any atom is -0.481 e. The van der Waals surface area contributed by atoms with E-state index in [2.05, 4.69) is 10.6 Å². The molecule has 0 aromatic rings. The standard InChI is InChI=1S/C14H25N3O4/c1-3-15-14(21)16-13(20)10(2)17-9-5-4-6-11(17)7-8-12(18)19/h10-11H,3-9H2,1-2H3,(H,18,19)(H2,15,16,20,21). The highest BCUT2D eigenvalue weighted by atomic mass is 16.4. The number of carbonyl (C=O) groups excluding carboxylic acids is 2. The second kappa shape index (κ2) is 8.61. The molecule has 1 fully saturated rings. The Balaban J connectivity index is 2.58. The minimum atomic E-state index is -0.819. The SMILES string of the molecule is CCNC(=O)NC(=O)C(C)N1CCCCC1CCC(=O)O. The zero-order valence-electron chi connectivity index (χ0n) is 12.7. The molecule has 0 radical (unpaired) electrons. The highest BCUT2D eigenvalue weighted by Crippen LogP contribution is 2.23. The number of rotatable bonds is 6. The zero-order valence-corrected chi connectivity index (χ0v) is 12.7. The van der Waals surface area contributed by atoms with E-state index in [4.69, 9.17) is 5.11 Å². The Labute approximate surface area is 125 Å². The Morgan fingerprint density at radius 3 is 2.67 bits per heavy atom. The van der Waals surface area contributed by atoms with Crippen molar-refractivity contribution in [3.63, 3.8) is 0 Å². The summed E-state index contributed by atoms with van der Waals surface area (Å²) in [5, 5.41) is 13.6. The van der Waals surface area contributed by atoms with Crippen molar-refractivity contribution in [3.8, 4) is 0 Å².